The van der Waals surface area contributed by atoms with Crippen LogP contribution in [0.5, 0.6) is 11.5 Å². The summed E-state index contributed by atoms with van der Waals surface area (Å²) < 4.78 is 11.7. The Balaban J connectivity index is 2.13. The molecule has 136 valence electrons. The second-order valence-electron chi connectivity index (χ2n) is 5.93. The summed E-state index contributed by atoms with van der Waals surface area (Å²) in [4.78, 5) is 0. The number of benzene rings is 2. The summed E-state index contributed by atoms with van der Waals surface area (Å²) in [6.45, 7) is 7.95. The minimum atomic E-state index is 0.429. The average Bonchev–Trinajstić information content (AvgIpc) is 2.61. The molecular formula is C20H25Cl2NO2. The number of ether oxygens (including phenoxy) is 2. The molecule has 5 heteroatoms. The van der Waals surface area contributed by atoms with Crippen LogP contribution in [-0.2, 0) is 13.2 Å². The fourth-order valence-corrected chi connectivity index (χ4v) is 2.61. The van der Waals surface area contributed by atoms with Crippen molar-refractivity contribution in [2.24, 2.45) is 0 Å². The molecule has 0 aliphatic heterocycles. The van der Waals surface area contributed by atoms with E-state index >= 15 is 0 Å². The van der Waals surface area contributed by atoms with Gasteiger partial charge >= 0.3 is 0 Å². The monoisotopic (exact) mass is 381 g/mol. The van der Waals surface area contributed by atoms with E-state index in [9.17, 15) is 0 Å². The molecule has 0 aromatic heterocycles. The van der Waals surface area contributed by atoms with Gasteiger partial charge in [-0.2, -0.15) is 0 Å². The van der Waals surface area contributed by atoms with Crippen LogP contribution in [0.25, 0.3) is 0 Å². The second-order valence-corrected chi connectivity index (χ2v) is 6.77. The molecule has 0 amide bonds. The smallest absolute Gasteiger partial charge is 0.163 e. The predicted molar refractivity (Wildman–Crippen MR) is 105 cm³/mol. The molecule has 1 unspecified atom stereocenters. The molecule has 0 spiro atoms. The Morgan fingerprint density at radius 2 is 1.68 bits per heavy atom. The molecule has 3 nitrogen and oxygen atoms in total. The Bertz CT molecular complexity index is 674. The van der Waals surface area contributed by atoms with E-state index < -0.39 is 0 Å². The molecule has 0 heterocycles. The molecule has 0 radical (unpaired) electrons. The molecule has 0 saturated carbocycles. The first kappa shape index (κ1) is 19.9. The first-order valence-electron chi connectivity index (χ1n) is 8.59. The molecule has 0 bridgehead atoms. The Kier molecular flexibility index (Phi) is 7.89. The molecule has 0 saturated heterocycles. The highest BCUT2D eigenvalue weighted by atomic mass is 35.5. The lowest BCUT2D eigenvalue weighted by atomic mass is 10.1. The SMILES string of the molecule is CCOc1cc(CNC(C)CC)c(Cl)cc1OCc1ccc(Cl)cc1. The van der Waals surface area contributed by atoms with E-state index in [0.717, 1.165) is 17.5 Å². The second kappa shape index (κ2) is 9.91. The summed E-state index contributed by atoms with van der Waals surface area (Å²) in [5, 5.41) is 4.83. The van der Waals surface area contributed by atoms with Crippen LogP contribution >= 0.6 is 23.2 Å². The number of nitrogens with one attached hydrogen (secondary N) is 1. The molecule has 2 aromatic rings. The number of rotatable bonds is 9. The Morgan fingerprint density at radius 1 is 1.00 bits per heavy atom. The van der Waals surface area contributed by atoms with Crippen LogP contribution in [0.4, 0.5) is 0 Å². The number of hydrogen-bond acceptors (Lipinski definition) is 3. The highest BCUT2D eigenvalue weighted by molar-refractivity contribution is 6.31. The summed E-state index contributed by atoms with van der Waals surface area (Å²) in [7, 11) is 0. The zero-order valence-corrected chi connectivity index (χ0v) is 16.5. The highest BCUT2D eigenvalue weighted by Crippen LogP contribution is 2.34. The highest BCUT2D eigenvalue weighted by Gasteiger charge is 2.12. The minimum absolute atomic E-state index is 0.429. The van der Waals surface area contributed by atoms with Crippen molar-refractivity contribution in [2.75, 3.05) is 6.61 Å². The van der Waals surface area contributed by atoms with Gasteiger partial charge < -0.3 is 14.8 Å². The third-order valence-electron chi connectivity index (χ3n) is 3.97. The number of halogens is 2. The summed E-state index contributed by atoms with van der Waals surface area (Å²) in [6, 6.07) is 11.8. The van der Waals surface area contributed by atoms with Gasteiger partial charge in [0, 0.05) is 28.7 Å². The first-order chi connectivity index (χ1) is 12.0. The molecule has 0 fully saturated rings. The maximum Gasteiger partial charge on any atom is 0.163 e. The third kappa shape index (κ3) is 6.10. The Morgan fingerprint density at radius 3 is 2.32 bits per heavy atom. The molecule has 2 rings (SSSR count). The lowest BCUT2D eigenvalue weighted by Gasteiger charge is -2.17. The van der Waals surface area contributed by atoms with Gasteiger partial charge in [-0.15, -0.1) is 0 Å². The molecule has 25 heavy (non-hydrogen) atoms. The Labute approximate surface area is 160 Å². The van der Waals surface area contributed by atoms with Crippen LogP contribution in [0.3, 0.4) is 0 Å². The Hall–Kier alpha value is -1.42. The maximum atomic E-state index is 6.44. The molecule has 1 N–H and O–H groups in total. The molecular weight excluding hydrogens is 357 g/mol. The van der Waals surface area contributed by atoms with Crippen molar-refractivity contribution in [3.05, 3.63) is 57.6 Å². The van der Waals surface area contributed by atoms with E-state index in [-0.39, 0.29) is 0 Å². The summed E-state index contributed by atoms with van der Waals surface area (Å²) >= 11 is 12.3. The summed E-state index contributed by atoms with van der Waals surface area (Å²) in [5.74, 6) is 1.36. The van der Waals surface area contributed by atoms with E-state index in [1.54, 1.807) is 0 Å². The lowest BCUT2D eigenvalue weighted by Crippen LogP contribution is -2.24. The lowest BCUT2D eigenvalue weighted by molar-refractivity contribution is 0.269. The van der Waals surface area contributed by atoms with Crippen molar-refractivity contribution in [3.63, 3.8) is 0 Å². The zero-order valence-electron chi connectivity index (χ0n) is 14.9. The molecule has 1 atom stereocenters. The van der Waals surface area contributed by atoms with Crippen molar-refractivity contribution in [1.29, 1.82) is 0 Å². The summed E-state index contributed by atoms with van der Waals surface area (Å²) in [6.07, 6.45) is 1.07. The quantitative estimate of drug-likeness (QED) is 0.589. The van der Waals surface area contributed by atoms with Gasteiger partial charge in [0.25, 0.3) is 0 Å². The standard InChI is InChI=1S/C20H25Cl2NO2/c1-4-14(3)23-12-16-10-19(24-5-2)20(11-18(16)22)25-13-15-6-8-17(21)9-7-15/h6-11,14,23H,4-5,12-13H2,1-3H3. The fraction of sp³-hybridized carbons (Fsp3) is 0.400. The third-order valence-corrected chi connectivity index (χ3v) is 4.58. The largest absolute Gasteiger partial charge is 0.490 e. The molecule has 0 aliphatic carbocycles. The maximum absolute atomic E-state index is 6.44. The van der Waals surface area contributed by atoms with Crippen molar-refractivity contribution in [1.82, 2.24) is 5.32 Å². The topological polar surface area (TPSA) is 30.5 Å². The van der Waals surface area contributed by atoms with Crippen molar-refractivity contribution in [2.45, 2.75) is 46.4 Å². The first-order valence-corrected chi connectivity index (χ1v) is 9.34. The summed E-state index contributed by atoms with van der Waals surface area (Å²) in [5.41, 5.74) is 2.04. The predicted octanol–water partition coefficient (Wildman–Crippen LogP) is 5.86. The minimum Gasteiger partial charge on any atom is -0.490 e. The van der Waals surface area contributed by atoms with Crippen LogP contribution in [0.2, 0.25) is 10.0 Å². The van der Waals surface area contributed by atoms with Crippen molar-refractivity contribution >= 4 is 23.2 Å². The fourth-order valence-electron chi connectivity index (χ4n) is 2.26. The van der Waals surface area contributed by atoms with Crippen LogP contribution < -0.4 is 14.8 Å². The van der Waals surface area contributed by atoms with Gasteiger partial charge in [-0.1, -0.05) is 42.3 Å². The zero-order chi connectivity index (χ0) is 18.2. The van der Waals surface area contributed by atoms with E-state index in [1.165, 1.54) is 0 Å². The van der Waals surface area contributed by atoms with Crippen LogP contribution in [0.1, 0.15) is 38.3 Å². The van der Waals surface area contributed by atoms with Crippen molar-refractivity contribution < 1.29 is 9.47 Å². The van der Waals surface area contributed by atoms with Gasteiger partial charge in [0.1, 0.15) is 6.61 Å². The van der Waals surface area contributed by atoms with E-state index in [0.29, 0.717) is 47.3 Å². The van der Waals surface area contributed by atoms with Gasteiger partial charge in [0.2, 0.25) is 0 Å². The normalized spacial score (nSPS) is 12.0. The molecule has 2 aromatic carbocycles. The van der Waals surface area contributed by atoms with Crippen LogP contribution in [0.15, 0.2) is 36.4 Å². The van der Waals surface area contributed by atoms with Gasteiger partial charge in [0.05, 0.1) is 6.61 Å². The van der Waals surface area contributed by atoms with E-state index in [1.807, 2.05) is 43.3 Å². The van der Waals surface area contributed by atoms with Crippen LogP contribution in [-0.4, -0.2) is 12.6 Å². The van der Waals surface area contributed by atoms with Gasteiger partial charge in [-0.3, -0.25) is 0 Å². The number of hydrogen-bond donors (Lipinski definition) is 1. The van der Waals surface area contributed by atoms with E-state index in [2.05, 4.69) is 19.2 Å². The van der Waals surface area contributed by atoms with Crippen LogP contribution in [0, 0.1) is 0 Å². The van der Waals surface area contributed by atoms with Gasteiger partial charge in [-0.05, 0) is 49.6 Å². The van der Waals surface area contributed by atoms with Gasteiger partial charge in [-0.25, -0.2) is 0 Å². The van der Waals surface area contributed by atoms with Gasteiger partial charge in [0.15, 0.2) is 11.5 Å². The average molecular weight is 382 g/mol. The van der Waals surface area contributed by atoms with Crippen molar-refractivity contribution in [3.8, 4) is 11.5 Å². The van der Waals surface area contributed by atoms with E-state index in [4.69, 9.17) is 32.7 Å². The molecule has 0 aliphatic rings.